The fraction of sp³-hybridized carbons (Fsp3) is 0.278. The van der Waals surface area contributed by atoms with Crippen molar-refractivity contribution in [3.63, 3.8) is 0 Å². The summed E-state index contributed by atoms with van der Waals surface area (Å²) in [4.78, 5) is 22.1. The molecule has 1 aromatic carbocycles. The van der Waals surface area contributed by atoms with Crippen molar-refractivity contribution in [2.45, 2.75) is 6.54 Å². The summed E-state index contributed by atoms with van der Waals surface area (Å²) in [7, 11) is 0. The molecule has 2 N–H and O–H groups in total. The number of piperazine rings is 1. The number of nitrogens with zero attached hydrogens (tertiary/aromatic N) is 4. The van der Waals surface area contributed by atoms with E-state index in [1.807, 2.05) is 34.5 Å². The second-order valence-corrected chi connectivity index (χ2v) is 7.09. The van der Waals surface area contributed by atoms with E-state index < -0.39 is 0 Å². The van der Waals surface area contributed by atoms with Crippen molar-refractivity contribution in [2.24, 2.45) is 0 Å². The summed E-state index contributed by atoms with van der Waals surface area (Å²) in [6, 6.07) is 11.1. The number of benzene rings is 1. The van der Waals surface area contributed by atoms with Crippen LogP contribution in [0.5, 0.6) is 0 Å². The molecule has 1 amide bonds. The van der Waals surface area contributed by atoms with Crippen LogP contribution in [0, 0.1) is 0 Å². The lowest BCUT2D eigenvalue weighted by Crippen LogP contribution is -2.48. The lowest BCUT2D eigenvalue weighted by Gasteiger charge is -2.34. The topological polar surface area (TPSA) is 88.5 Å². The number of carbonyl (C=O) groups is 1. The number of anilines is 1. The van der Waals surface area contributed by atoms with Gasteiger partial charge in [0, 0.05) is 31.9 Å². The van der Waals surface area contributed by atoms with Gasteiger partial charge in [-0.1, -0.05) is 23.4 Å². The number of carbonyl (C=O) groups excluding carboxylic acids is 1. The van der Waals surface area contributed by atoms with Gasteiger partial charge in [-0.25, -0.2) is 0 Å². The summed E-state index contributed by atoms with van der Waals surface area (Å²) in [6.07, 6.45) is 0. The highest BCUT2D eigenvalue weighted by Gasteiger charge is 2.24. The maximum absolute atomic E-state index is 12.6. The zero-order chi connectivity index (χ0) is 17.9. The maximum Gasteiger partial charge on any atom is 0.256 e. The Morgan fingerprint density at radius 2 is 1.96 bits per heavy atom. The van der Waals surface area contributed by atoms with Gasteiger partial charge >= 0.3 is 0 Å². The van der Waals surface area contributed by atoms with Gasteiger partial charge in [-0.3, -0.25) is 9.69 Å². The zero-order valence-corrected chi connectivity index (χ0v) is 15.0. The Hall–Kier alpha value is -2.71. The SMILES string of the molecule is Nc1ccccc1C(=O)N1CCN(Cc2nc(-c3cccs3)no2)CC1. The van der Waals surface area contributed by atoms with Crippen molar-refractivity contribution in [1.82, 2.24) is 19.9 Å². The van der Waals surface area contributed by atoms with Gasteiger partial charge in [0.15, 0.2) is 0 Å². The first-order chi connectivity index (χ1) is 12.7. The van der Waals surface area contributed by atoms with E-state index >= 15 is 0 Å². The van der Waals surface area contributed by atoms with Crippen LogP contribution in [0.2, 0.25) is 0 Å². The first-order valence-electron chi connectivity index (χ1n) is 8.43. The largest absolute Gasteiger partial charge is 0.398 e. The Balaban J connectivity index is 1.34. The minimum Gasteiger partial charge on any atom is -0.398 e. The van der Waals surface area contributed by atoms with Gasteiger partial charge in [0.1, 0.15) is 0 Å². The Morgan fingerprint density at radius 3 is 2.69 bits per heavy atom. The normalized spacial score (nSPS) is 15.3. The van der Waals surface area contributed by atoms with Crippen molar-refractivity contribution < 1.29 is 9.32 Å². The molecule has 1 aliphatic rings. The van der Waals surface area contributed by atoms with E-state index in [0.717, 1.165) is 18.0 Å². The number of aromatic nitrogens is 2. The van der Waals surface area contributed by atoms with Crippen LogP contribution < -0.4 is 5.73 Å². The van der Waals surface area contributed by atoms with E-state index in [0.29, 0.717) is 42.6 Å². The Morgan fingerprint density at radius 1 is 1.15 bits per heavy atom. The number of nitrogen functional groups attached to an aromatic ring is 1. The number of amides is 1. The summed E-state index contributed by atoms with van der Waals surface area (Å²) >= 11 is 1.58. The molecular weight excluding hydrogens is 350 g/mol. The molecular formula is C18H19N5O2S. The zero-order valence-electron chi connectivity index (χ0n) is 14.2. The van der Waals surface area contributed by atoms with Crippen molar-refractivity contribution in [2.75, 3.05) is 31.9 Å². The van der Waals surface area contributed by atoms with Crippen molar-refractivity contribution in [3.8, 4) is 10.7 Å². The molecule has 2 aromatic heterocycles. The summed E-state index contributed by atoms with van der Waals surface area (Å²) in [5.41, 5.74) is 7.00. The summed E-state index contributed by atoms with van der Waals surface area (Å²) in [5, 5.41) is 6.02. The number of hydrogen-bond donors (Lipinski definition) is 1. The summed E-state index contributed by atoms with van der Waals surface area (Å²) < 4.78 is 5.36. The Bertz CT molecular complexity index is 885. The highest BCUT2D eigenvalue weighted by atomic mass is 32.1. The smallest absolute Gasteiger partial charge is 0.256 e. The van der Waals surface area contributed by atoms with E-state index in [9.17, 15) is 4.79 Å². The van der Waals surface area contributed by atoms with Gasteiger partial charge in [-0.15, -0.1) is 11.3 Å². The standard InChI is InChI=1S/C18H19N5O2S/c19-14-5-2-1-4-13(14)18(24)23-9-7-22(8-10-23)12-16-20-17(21-25-16)15-6-3-11-26-15/h1-6,11H,7-10,12,19H2. The van der Waals surface area contributed by atoms with Crippen LogP contribution in [0.1, 0.15) is 16.2 Å². The van der Waals surface area contributed by atoms with Crippen LogP contribution in [0.25, 0.3) is 10.7 Å². The molecule has 0 radical (unpaired) electrons. The minimum atomic E-state index is -0.0134. The van der Waals surface area contributed by atoms with Crippen LogP contribution in [-0.4, -0.2) is 52.0 Å². The third-order valence-corrected chi connectivity index (χ3v) is 5.29. The van der Waals surface area contributed by atoms with Gasteiger partial charge in [0.2, 0.25) is 11.7 Å². The van der Waals surface area contributed by atoms with Crippen LogP contribution in [-0.2, 0) is 6.54 Å². The molecule has 3 aromatic rings. The highest BCUT2D eigenvalue weighted by Crippen LogP contribution is 2.22. The van der Waals surface area contributed by atoms with Crippen LogP contribution >= 0.6 is 11.3 Å². The van der Waals surface area contributed by atoms with Crippen LogP contribution in [0.3, 0.4) is 0 Å². The number of hydrogen-bond acceptors (Lipinski definition) is 7. The predicted octanol–water partition coefficient (Wildman–Crippen LogP) is 2.34. The summed E-state index contributed by atoms with van der Waals surface area (Å²) in [5.74, 6) is 1.21. The molecule has 134 valence electrons. The lowest BCUT2D eigenvalue weighted by atomic mass is 10.1. The molecule has 26 heavy (non-hydrogen) atoms. The molecule has 1 saturated heterocycles. The maximum atomic E-state index is 12.6. The number of para-hydroxylation sites is 1. The van der Waals surface area contributed by atoms with Gasteiger partial charge < -0.3 is 15.2 Å². The molecule has 0 aliphatic carbocycles. The van der Waals surface area contributed by atoms with E-state index in [1.54, 1.807) is 23.5 Å². The number of nitrogens with two attached hydrogens (primary N) is 1. The average Bonchev–Trinajstić information content (AvgIpc) is 3.34. The predicted molar refractivity (Wildman–Crippen MR) is 99.6 cm³/mol. The molecule has 8 heteroatoms. The molecule has 0 spiro atoms. The van der Waals surface area contributed by atoms with Gasteiger partial charge in [0.05, 0.1) is 17.0 Å². The molecule has 0 atom stereocenters. The van der Waals surface area contributed by atoms with Crippen molar-refractivity contribution >= 4 is 22.9 Å². The van der Waals surface area contributed by atoms with Gasteiger partial charge in [0.25, 0.3) is 5.91 Å². The minimum absolute atomic E-state index is 0.0134. The second-order valence-electron chi connectivity index (χ2n) is 6.14. The fourth-order valence-corrected chi connectivity index (χ4v) is 3.64. The van der Waals surface area contributed by atoms with E-state index in [-0.39, 0.29) is 5.91 Å². The second kappa shape index (κ2) is 7.27. The number of thiophene rings is 1. The third-order valence-electron chi connectivity index (χ3n) is 4.42. The molecule has 1 aliphatic heterocycles. The average molecular weight is 369 g/mol. The number of rotatable bonds is 4. The van der Waals surface area contributed by atoms with Gasteiger partial charge in [-0.05, 0) is 23.6 Å². The Kier molecular flexibility index (Phi) is 4.68. The fourth-order valence-electron chi connectivity index (χ4n) is 2.99. The molecule has 0 unspecified atom stereocenters. The van der Waals surface area contributed by atoms with Crippen molar-refractivity contribution in [3.05, 3.63) is 53.2 Å². The van der Waals surface area contributed by atoms with Crippen LogP contribution in [0.15, 0.2) is 46.3 Å². The lowest BCUT2D eigenvalue weighted by molar-refractivity contribution is 0.0616. The van der Waals surface area contributed by atoms with Gasteiger partial charge in [-0.2, -0.15) is 4.98 Å². The first kappa shape index (κ1) is 16.7. The molecule has 0 saturated carbocycles. The monoisotopic (exact) mass is 369 g/mol. The molecule has 3 heterocycles. The first-order valence-corrected chi connectivity index (χ1v) is 9.31. The van der Waals surface area contributed by atoms with E-state index in [4.69, 9.17) is 10.3 Å². The summed E-state index contributed by atoms with van der Waals surface area (Å²) in [6.45, 7) is 3.41. The molecule has 7 nitrogen and oxygen atoms in total. The Labute approximate surface area is 155 Å². The van der Waals surface area contributed by atoms with E-state index in [1.165, 1.54) is 0 Å². The van der Waals surface area contributed by atoms with E-state index in [2.05, 4.69) is 15.0 Å². The molecule has 0 bridgehead atoms. The molecule has 1 fully saturated rings. The highest BCUT2D eigenvalue weighted by molar-refractivity contribution is 7.13. The van der Waals surface area contributed by atoms with Crippen molar-refractivity contribution in [1.29, 1.82) is 0 Å². The quantitative estimate of drug-likeness (QED) is 0.710. The van der Waals surface area contributed by atoms with Crippen LogP contribution in [0.4, 0.5) is 5.69 Å². The third kappa shape index (κ3) is 3.47. The molecule has 4 rings (SSSR count).